The lowest BCUT2D eigenvalue weighted by Crippen LogP contribution is -2.54. The minimum atomic E-state index is -3.02. The Bertz CT molecular complexity index is 639. The number of ether oxygens (including phenoxy) is 1. The monoisotopic (exact) mass is 401 g/mol. The summed E-state index contributed by atoms with van der Waals surface area (Å²) in [5, 5.41) is 0. The highest BCUT2D eigenvalue weighted by atomic mass is 32.2. The summed E-state index contributed by atoms with van der Waals surface area (Å²) in [7, 11) is -3.02. The van der Waals surface area contributed by atoms with Gasteiger partial charge in [0.15, 0.2) is 9.84 Å². The zero-order valence-corrected chi connectivity index (χ0v) is 17.0. The van der Waals surface area contributed by atoms with E-state index in [1.807, 2.05) is 4.90 Å². The molecule has 1 unspecified atom stereocenters. The first-order valence-corrected chi connectivity index (χ1v) is 11.9. The summed E-state index contributed by atoms with van der Waals surface area (Å²) < 4.78 is 28.9. The smallest absolute Gasteiger partial charge is 0.409 e. The van der Waals surface area contributed by atoms with Gasteiger partial charge in [0.05, 0.1) is 24.7 Å². The topological polar surface area (TPSA) is 87.2 Å². The fraction of sp³-hybridized carbons (Fsp3) is 0.889. The van der Waals surface area contributed by atoms with E-state index in [1.54, 1.807) is 11.8 Å². The van der Waals surface area contributed by atoms with E-state index in [1.165, 1.54) is 0 Å². The predicted octanol–water partition coefficient (Wildman–Crippen LogP) is 0.719. The summed E-state index contributed by atoms with van der Waals surface area (Å²) in [6, 6.07) is 0.00282. The van der Waals surface area contributed by atoms with Crippen LogP contribution in [0.5, 0.6) is 0 Å². The Labute approximate surface area is 161 Å². The Hall–Kier alpha value is -1.35. The molecule has 2 heterocycles. The van der Waals surface area contributed by atoms with Crippen molar-refractivity contribution < 1.29 is 22.7 Å². The molecule has 27 heavy (non-hydrogen) atoms. The second-order valence-corrected chi connectivity index (χ2v) is 9.99. The van der Waals surface area contributed by atoms with E-state index in [4.69, 9.17) is 4.74 Å². The zero-order valence-electron chi connectivity index (χ0n) is 16.1. The molecular weight excluding hydrogens is 370 g/mol. The van der Waals surface area contributed by atoms with Gasteiger partial charge in [0, 0.05) is 38.3 Å². The number of hydrogen-bond acceptors (Lipinski definition) is 6. The summed E-state index contributed by atoms with van der Waals surface area (Å²) in [6.45, 7) is 4.80. The van der Waals surface area contributed by atoms with E-state index in [0.29, 0.717) is 45.8 Å². The van der Waals surface area contributed by atoms with Crippen LogP contribution in [0, 0.1) is 0 Å². The first-order chi connectivity index (χ1) is 12.9. The molecule has 0 radical (unpaired) electrons. The molecule has 0 aromatic rings. The van der Waals surface area contributed by atoms with Gasteiger partial charge in [0.2, 0.25) is 5.91 Å². The molecule has 0 bridgehead atoms. The molecule has 8 nitrogen and oxygen atoms in total. The van der Waals surface area contributed by atoms with E-state index in [-0.39, 0.29) is 35.6 Å². The molecule has 2 aliphatic heterocycles. The summed E-state index contributed by atoms with van der Waals surface area (Å²) in [6.07, 6.45) is 4.41. The van der Waals surface area contributed by atoms with Gasteiger partial charge in [0.25, 0.3) is 0 Å². The van der Waals surface area contributed by atoms with Crippen molar-refractivity contribution in [1.82, 2.24) is 14.7 Å². The maximum absolute atomic E-state index is 13.1. The summed E-state index contributed by atoms with van der Waals surface area (Å²) >= 11 is 0. The van der Waals surface area contributed by atoms with Gasteiger partial charge in [-0.15, -0.1) is 0 Å². The molecule has 3 fully saturated rings. The van der Waals surface area contributed by atoms with Crippen LogP contribution < -0.4 is 0 Å². The maximum Gasteiger partial charge on any atom is 0.409 e. The van der Waals surface area contributed by atoms with Crippen LogP contribution in [-0.4, -0.2) is 98.0 Å². The SMILES string of the molecule is CCOC(=O)N1CCN(CC(=O)N(C2CCCC2)C2CCS(=O)(=O)C2)CC1. The summed E-state index contributed by atoms with van der Waals surface area (Å²) in [4.78, 5) is 30.5. The first-order valence-electron chi connectivity index (χ1n) is 10.1. The number of piperazine rings is 1. The highest BCUT2D eigenvalue weighted by Gasteiger charge is 2.39. The standard InChI is InChI=1S/C18H31N3O5S/c1-2-26-18(23)20-10-8-19(9-11-20)13-17(22)21(15-5-3-4-6-15)16-7-12-27(24,25)14-16/h15-16H,2-14H2,1H3. The Kier molecular flexibility index (Phi) is 6.62. The van der Waals surface area contributed by atoms with E-state index in [2.05, 4.69) is 4.90 Å². The molecule has 3 aliphatic rings. The van der Waals surface area contributed by atoms with Gasteiger partial charge in [0.1, 0.15) is 0 Å². The van der Waals surface area contributed by atoms with E-state index >= 15 is 0 Å². The Morgan fingerprint density at radius 2 is 1.70 bits per heavy atom. The van der Waals surface area contributed by atoms with Crippen LogP contribution >= 0.6 is 0 Å². The van der Waals surface area contributed by atoms with Crippen LogP contribution in [-0.2, 0) is 19.4 Å². The van der Waals surface area contributed by atoms with Gasteiger partial charge in [-0.2, -0.15) is 0 Å². The van der Waals surface area contributed by atoms with Crippen molar-refractivity contribution in [2.24, 2.45) is 0 Å². The molecule has 2 saturated heterocycles. The lowest BCUT2D eigenvalue weighted by Gasteiger charge is -2.38. The average molecular weight is 402 g/mol. The van der Waals surface area contributed by atoms with Crippen molar-refractivity contribution in [3.63, 3.8) is 0 Å². The summed E-state index contributed by atoms with van der Waals surface area (Å²) in [5.74, 6) is 0.326. The Morgan fingerprint density at radius 1 is 1.04 bits per heavy atom. The van der Waals surface area contributed by atoms with Crippen molar-refractivity contribution in [1.29, 1.82) is 0 Å². The largest absolute Gasteiger partial charge is 0.450 e. The van der Waals surface area contributed by atoms with Crippen LogP contribution in [0.25, 0.3) is 0 Å². The van der Waals surface area contributed by atoms with E-state index in [9.17, 15) is 18.0 Å². The highest BCUT2D eigenvalue weighted by molar-refractivity contribution is 7.91. The predicted molar refractivity (Wildman–Crippen MR) is 101 cm³/mol. The van der Waals surface area contributed by atoms with Gasteiger partial charge in [-0.05, 0) is 26.2 Å². The van der Waals surface area contributed by atoms with E-state index in [0.717, 1.165) is 25.7 Å². The fourth-order valence-corrected chi connectivity index (χ4v) is 6.17. The average Bonchev–Trinajstić information content (AvgIpc) is 3.26. The number of sulfone groups is 1. The molecule has 0 aromatic heterocycles. The Balaban J connectivity index is 1.58. The number of carbonyl (C=O) groups is 2. The van der Waals surface area contributed by atoms with Crippen LogP contribution in [0.4, 0.5) is 4.79 Å². The molecule has 0 spiro atoms. The molecule has 0 aromatic carbocycles. The van der Waals surface area contributed by atoms with Crippen molar-refractivity contribution in [2.75, 3.05) is 50.8 Å². The lowest BCUT2D eigenvalue weighted by molar-refractivity contribution is -0.137. The van der Waals surface area contributed by atoms with Gasteiger partial charge < -0.3 is 14.5 Å². The first kappa shape index (κ1) is 20.4. The zero-order chi connectivity index (χ0) is 19.4. The third-order valence-corrected chi connectivity index (χ3v) is 7.62. The van der Waals surface area contributed by atoms with Gasteiger partial charge in [-0.25, -0.2) is 13.2 Å². The number of hydrogen-bond donors (Lipinski definition) is 0. The van der Waals surface area contributed by atoms with Crippen LogP contribution in [0.3, 0.4) is 0 Å². The number of rotatable bonds is 5. The normalized spacial score (nSPS) is 26.3. The number of amides is 2. The van der Waals surface area contributed by atoms with Gasteiger partial charge in [-0.1, -0.05) is 12.8 Å². The number of nitrogens with zero attached hydrogens (tertiary/aromatic N) is 3. The third kappa shape index (κ3) is 5.13. The highest BCUT2D eigenvalue weighted by Crippen LogP contribution is 2.29. The van der Waals surface area contributed by atoms with Crippen LogP contribution in [0.15, 0.2) is 0 Å². The van der Waals surface area contributed by atoms with Crippen molar-refractivity contribution >= 4 is 21.8 Å². The molecule has 154 valence electrons. The van der Waals surface area contributed by atoms with Crippen molar-refractivity contribution in [3.8, 4) is 0 Å². The molecule has 3 rings (SSSR count). The van der Waals surface area contributed by atoms with Gasteiger partial charge >= 0.3 is 6.09 Å². The summed E-state index contributed by atoms with van der Waals surface area (Å²) in [5.41, 5.74) is 0. The molecule has 9 heteroatoms. The van der Waals surface area contributed by atoms with Gasteiger partial charge in [-0.3, -0.25) is 9.69 Å². The second-order valence-electron chi connectivity index (χ2n) is 7.76. The fourth-order valence-electron chi connectivity index (χ4n) is 4.46. The van der Waals surface area contributed by atoms with Crippen molar-refractivity contribution in [2.45, 2.75) is 51.1 Å². The molecular formula is C18H31N3O5S. The van der Waals surface area contributed by atoms with E-state index < -0.39 is 9.84 Å². The van der Waals surface area contributed by atoms with Crippen LogP contribution in [0.2, 0.25) is 0 Å². The Morgan fingerprint density at radius 3 is 2.26 bits per heavy atom. The third-order valence-electron chi connectivity index (χ3n) is 5.87. The maximum atomic E-state index is 13.1. The molecule has 1 aliphatic carbocycles. The molecule has 1 atom stereocenters. The lowest BCUT2D eigenvalue weighted by atomic mass is 10.1. The number of carbonyl (C=O) groups excluding carboxylic acids is 2. The quantitative estimate of drug-likeness (QED) is 0.675. The molecule has 2 amide bonds. The molecule has 1 saturated carbocycles. The molecule has 0 N–H and O–H groups in total. The minimum absolute atomic E-state index is 0.0357. The van der Waals surface area contributed by atoms with Crippen molar-refractivity contribution in [3.05, 3.63) is 0 Å². The second kappa shape index (κ2) is 8.77. The minimum Gasteiger partial charge on any atom is -0.450 e. The van der Waals surface area contributed by atoms with Crippen LogP contribution in [0.1, 0.15) is 39.0 Å².